The van der Waals surface area contributed by atoms with Gasteiger partial charge in [-0.2, -0.15) is 0 Å². The minimum Gasteiger partial charge on any atom is -0.293 e. The molecule has 8 nitrogen and oxygen atoms in total. The minimum atomic E-state index is -1.79. The van der Waals surface area contributed by atoms with Gasteiger partial charge in [-0.3, -0.25) is 29.8 Å². The molecule has 4 rings (SSSR count). The predicted octanol–water partition coefficient (Wildman–Crippen LogP) is 2.40. The lowest BCUT2D eigenvalue weighted by atomic mass is 9.93. The average molecular weight is 338 g/mol. The molecule has 0 amide bonds. The van der Waals surface area contributed by atoms with Crippen molar-refractivity contribution in [2.45, 2.75) is 12.0 Å². The number of carbonyl (C=O) groups is 2. The number of nitro groups is 2. The summed E-state index contributed by atoms with van der Waals surface area (Å²) in [4.78, 5) is 47.0. The zero-order chi connectivity index (χ0) is 17.9. The third-order valence-electron chi connectivity index (χ3n) is 5.00. The Hall–Kier alpha value is -3.42. The fraction of sp³-hybridized carbons (Fsp3) is 0.176. The smallest absolute Gasteiger partial charge is 0.269 e. The highest BCUT2D eigenvalue weighted by Gasteiger charge is 2.84. The Balaban J connectivity index is 1.87. The number of non-ortho nitro benzene ring substituents is 1. The Morgan fingerprint density at radius 3 is 2.00 bits per heavy atom. The van der Waals surface area contributed by atoms with Gasteiger partial charge in [-0.15, -0.1) is 0 Å². The van der Waals surface area contributed by atoms with E-state index in [-0.39, 0.29) is 22.4 Å². The van der Waals surface area contributed by atoms with Crippen LogP contribution in [0.25, 0.3) is 0 Å². The van der Waals surface area contributed by atoms with Crippen molar-refractivity contribution in [3.8, 4) is 0 Å². The molecule has 2 aromatic rings. The molecule has 0 aromatic heterocycles. The van der Waals surface area contributed by atoms with Gasteiger partial charge in [0.2, 0.25) is 6.04 Å². The number of Topliss-reactive ketones (excluding diaryl/α,β-unsaturated/α-hetero) is 2. The molecular formula is C17H10N2O6. The van der Waals surface area contributed by atoms with Crippen molar-refractivity contribution in [2.24, 2.45) is 5.41 Å². The second-order valence-corrected chi connectivity index (χ2v) is 6.13. The molecule has 0 heterocycles. The molecular weight excluding hydrogens is 328 g/mol. The Kier molecular flexibility index (Phi) is 2.90. The molecule has 0 aliphatic heterocycles. The normalized spacial score (nSPS) is 22.7. The monoisotopic (exact) mass is 338 g/mol. The lowest BCUT2D eigenvalue weighted by Crippen LogP contribution is -2.25. The first-order valence-electron chi connectivity index (χ1n) is 7.47. The fourth-order valence-electron chi connectivity index (χ4n) is 3.91. The Morgan fingerprint density at radius 2 is 1.48 bits per heavy atom. The number of hydrogen-bond donors (Lipinski definition) is 0. The second kappa shape index (κ2) is 4.79. The van der Waals surface area contributed by atoms with Gasteiger partial charge in [-0.05, 0) is 5.56 Å². The average Bonchev–Trinajstić information content (AvgIpc) is 3.27. The molecule has 25 heavy (non-hydrogen) atoms. The molecule has 0 unspecified atom stereocenters. The Bertz CT molecular complexity index is 948. The van der Waals surface area contributed by atoms with Gasteiger partial charge in [-0.25, -0.2) is 0 Å². The van der Waals surface area contributed by atoms with Crippen LogP contribution in [0.15, 0.2) is 48.5 Å². The quantitative estimate of drug-likeness (QED) is 0.481. The summed E-state index contributed by atoms with van der Waals surface area (Å²) >= 11 is 0. The van der Waals surface area contributed by atoms with Crippen molar-refractivity contribution in [3.05, 3.63) is 85.4 Å². The molecule has 124 valence electrons. The van der Waals surface area contributed by atoms with Crippen molar-refractivity contribution in [1.29, 1.82) is 0 Å². The van der Waals surface area contributed by atoms with Crippen molar-refractivity contribution < 1.29 is 19.4 Å². The van der Waals surface area contributed by atoms with Crippen LogP contribution in [-0.2, 0) is 0 Å². The van der Waals surface area contributed by atoms with Crippen LogP contribution in [0.4, 0.5) is 5.69 Å². The first kappa shape index (κ1) is 15.1. The summed E-state index contributed by atoms with van der Waals surface area (Å²) in [6, 6.07) is 10.0. The number of carbonyl (C=O) groups excluding carboxylic acids is 2. The molecule has 2 aromatic carbocycles. The standard InChI is InChI=1S/C17H10N2O6/c20-15-11-6-1-2-7-12(11)16(21)17(15)13(14(17)19(24)25)9-4-3-5-10(8-9)18(22)23/h1-8,13-14H/t13-,14+/m0/s1. The van der Waals surface area contributed by atoms with Crippen LogP contribution in [0.1, 0.15) is 32.2 Å². The molecule has 2 atom stereocenters. The molecule has 1 saturated carbocycles. The van der Waals surface area contributed by atoms with Crippen molar-refractivity contribution >= 4 is 17.3 Å². The van der Waals surface area contributed by atoms with E-state index < -0.39 is 38.8 Å². The van der Waals surface area contributed by atoms with Crippen molar-refractivity contribution in [2.75, 3.05) is 0 Å². The highest BCUT2D eigenvalue weighted by atomic mass is 16.6. The first-order chi connectivity index (χ1) is 11.9. The van der Waals surface area contributed by atoms with Crippen LogP contribution in [0.3, 0.4) is 0 Å². The molecule has 2 aliphatic carbocycles. The third-order valence-corrected chi connectivity index (χ3v) is 5.00. The van der Waals surface area contributed by atoms with Gasteiger partial charge in [0.25, 0.3) is 5.69 Å². The Labute approximate surface area is 140 Å². The largest absolute Gasteiger partial charge is 0.293 e. The van der Waals surface area contributed by atoms with Crippen LogP contribution < -0.4 is 0 Å². The van der Waals surface area contributed by atoms with Crippen LogP contribution in [-0.4, -0.2) is 27.5 Å². The molecule has 2 aliphatic rings. The summed E-state index contributed by atoms with van der Waals surface area (Å²) in [6.45, 7) is 0. The van der Waals surface area contributed by atoms with Gasteiger partial charge in [-0.1, -0.05) is 36.4 Å². The number of benzene rings is 2. The topological polar surface area (TPSA) is 120 Å². The third kappa shape index (κ3) is 1.76. The maximum absolute atomic E-state index is 12.8. The highest BCUT2D eigenvalue weighted by molar-refractivity contribution is 6.33. The first-order valence-corrected chi connectivity index (χ1v) is 7.47. The van der Waals surface area contributed by atoms with E-state index in [9.17, 15) is 29.8 Å². The van der Waals surface area contributed by atoms with Crippen LogP contribution in [0.5, 0.6) is 0 Å². The maximum Gasteiger partial charge on any atom is 0.269 e. The summed E-state index contributed by atoms with van der Waals surface area (Å²) < 4.78 is 0. The summed E-state index contributed by atoms with van der Waals surface area (Å²) in [5.41, 5.74) is -1.43. The van der Waals surface area contributed by atoms with Gasteiger partial charge in [0, 0.05) is 28.2 Å². The molecule has 1 spiro atoms. The van der Waals surface area contributed by atoms with Crippen LogP contribution >= 0.6 is 0 Å². The van der Waals surface area contributed by atoms with Gasteiger partial charge >= 0.3 is 0 Å². The Morgan fingerprint density at radius 1 is 0.880 bits per heavy atom. The van der Waals surface area contributed by atoms with E-state index in [2.05, 4.69) is 0 Å². The summed E-state index contributed by atoms with van der Waals surface area (Å²) in [5, 5.41) is 22.5. The minimum absolute atomic E-state index is 0.173. The second-order valence-electron chi connectivity index (χ2n) is 6.13. The number of ketones is 2. The van der Waals surface area contributed by atoms with Gasteiger partial charge in [0.1, 0.15) is 0 Å². The zero-order valence-electron chi connectivity index (χ0n) is 12.6. The zero-order valence-corrected chi connectivity index (χ0v) is 12.6. The molecule has 1 fully saturated rings. The van der Waals surface area contributed by atoms with E-state index in [1.165, 1.54) is 36.4 Å². The van der Waals surface area contributed by atoms with E-state index in [1.54, 1.807) is 12.1 Å². The summed E-state index contributed by atoms with van der Waals surface area (Å²) in [5.74, 6) is -2.16. The summed E-state index contributed by atoms with van der Waals surface area (Å²) in [7, 11) is 0. The highest BCUT2D eigenvalue weighted by Crippen LogP contribution is 2.66. The lowest BCUT2D eigenvalue weighted by Gasteiger charge is -2.03. The van der Waals surface area contributed by atoms with Crippen LogP contribution in [0.2, 0.25) is 0 Å². The van der Waals surface area contributed by atoms with Crippen molar-refractivity contribution in [1.82, 2.24) is 0 Å². The predicted molar refractivity (Wildman–Crippen MR) is 84.2 cm³/mol. The number of nitro benzene ring substituents is 1. The molecule has 0 saturated heterocycles. The molecule has 0 bridgehead atoms. The SMILES string of the molecule is O=C1c2ccccc2C(=O)C12[C@@H](c1cccc([N+](=O)[O-])c1)[C@H]2[N+](=O)[O-]. The number of fused-ring (bicyclic) bond motifs is 1. The van der Waals surface area contributed by atoms with Crippen LogP contribution in [0, 0.1) is 25.6 Å². The van der Waals surface area contributed by atoms with Gasteiger partial charge in [0.05, 0.1) is 10.8 Å². The van der Waals surface area contributed by atoms with E-state index in [4.69, 9.17) is 0 Å². The van der Waals surface area contributed by atoms with E-state index >= 15 is 0 Å². The van der Waals surface area contributed by atoms with Gasteiger partial charge < -0.3 is 0 Å². The maximum atomic E-state index is 12.8. The molecule has 0 radical (unpaired) electrons. The number of hydrogen-bond acceptors (Lipinski definition) is 6. The fourth-order valence-corrected chi connectivity index (χ4v) is 3.91. The van der Waals surface area contributed by atoms with E-state index in [0.29, 0.717) is 0 Å². The van der Waals surface area contributed by atoms with E-state index in [1.807, 2.05) is 0 Å². The number of rotatable bonds is 3. The number of nitrogens with zero attached hydrogens (tertiary/aromatic N) is 2. The lowest BCUT2D eigenvalue weighted by molar-refractivity contribution is -0.500. The van der Waals surface area contributed by atoms with Crippen molar-refractivity contribution in [3.63, 3.8) is 0 Å². The molecule has 8 heteroatoms. The molecule has 0 N–H and O–H groups in total. The summed E-state index contributed by atoms with van der Waals surface area (Å²) in [6.07, 6.45) is 0. The van der Waals surface area contributed by atoms with Gasteiger partial charge in [0.15, 0.2) is 17.0 Å². The van der Waals surface area contributed by atoms with E-state index in [0.717, 1.165) is 0 Å².